The number of aromatic amines is 1. The highest BCUT2D eigenvalue weighted by atomic mass is 35.5. The maximum absolute atomic E-state index is 13.3. The number of aryl methyl sites for hydroxylation is 1. The number of halogens is 1. The number of nitrogens with one attached hydrogen (secondary N) is 1. The zero-order chi connectivity index (χ0) is 19.9. The largest absolute Gasteiger partial charge is 0.464 e. The van der Waals surface area contributed by atoms with Crippen LogP contribution in [-0.4, -0.2) is 22.1 Å². The molecule has 0 radical (unpaired) electrons. The summed E-state index contributed by atoms with van der Waals surface area (Å²) in [6, 6.07) is 7.13. The molecule has 3 aromatic rings. The van der Waals surface area contributed by atoms with Crippen molar-refractivity contribution < 1.29 is 9.53 Å². The van der Waals surface area contributed by atoms with Gasteiger partial charge < -0.3 is 4.74 Å². The lowest BCUT2D eigenvalue weighted by Crippen LogP contribution is -2.51. The van der Waals surface area contributed by atoms with Crippen molar-refractivity contribution in [3.05, 3.63) is 55.0 Å². The molecule has 0 spiro atoms. The van der Waals surface area contributed by atoms with Crippen LogP contribution in [0.25, 0.3) is 21.3 Å². The fourth-order valence-corrected chi connectivity index (χ4v) is 4.25. The lowest BCUT2D eigenvalue weighted by Gasteiger charge is -2.24. The Morgan fingerprint density at radius 1 is 1.26 bits per heavy atom. The second-order valence-electron chi connectivity index (χ2n) is 6.59. The lowest BCUT2D eigenvalue weighted by molar-refractivity contribution is -0.152. The van der Waals surface area contributed by atoms with Gasteiger partial charge in [-0.15, -0.1) is 11.3 Å². The molecular weight excluding hydrogens is 388 g/mol. The minimum atomic E-state index is -1.44. The number of H-pyrrole nitrogens is 1. The zero-order valence-corrected chi connectivity index (χ0v) is 17.0. The molecule has 0 saturated carbocycles. The van der Waals surface area contributed by atoms with Crippen LogP contribution < -0.4 is 11.2 Å². The summed E-state index contributed by atoms with van der Waals surface area (Å²) in [5.41, 5.74) is -1.08. The van der Waals surface area contributed by atoms with E-state index in [4.69, 9.17) is 16.3 Å². The third-order valence-electron chi connectivity index (χ3n) is 4.39. The number of ether oxygens (including phenoxy) is 1. The summed E-state index contributed by atoms with van der Waals surface area (Å²) in [5, 5.41) is 0.960. The summed E-state index contributed by atoms with van der Waals surface area (Å²) in [6.45, 7) is 6.70. The Bertz CT molecular complexity index is 1140. The van der Waals surface area contributed by atoms with E-state index in [0.29, 0.717) is 15.2 Å². The van der Waals surface area contributed by atoms with Gasteiger partial charge in [0, 0.05) is 15.5 Å². The first kappa shape index (κ1) is 19.4. The average molecular weight is 407 g/mol. The first-order chi connectivity index (χ1) is 12.7. The van der Waals surface area contributed by atoms with E-state index in [0.717, 1.165) is 20.6 Å². The molecule has 27 heavy (non-hydrogen) atoms. The van der Waals surface area contributed by atoms with E-state index in [1.807, 2.05) is 19.1 Å². The number of rotatable bonds is 4. The predicted molar refractivity (Wildman–Crippen MR) is 108 cm³/mol. The zero-order valence-electron chi connectivity index (χ0n) is 15.4. The Balaban J connectivity index is 2.35. The smallest absolute Gasteiger partial charge is 0.332 e. The first-order valence-corrected chi connectivity index (χ1v) is 9.60. The number of hydrogen-bond acceptors (Lipinski definition) is 5. The van der Waals surface area contributed by atoms with E-state index in [1.54, 1.807) is 19.1 Å². The quantitative estimate of drug-likeness (QED) is 0.670. The SMILES string of the molecule is CCOC(=O)C(C)(C)n1c(=O)[nH]c2sc(C)c(-c3ccc(Cl)cc3)c2c1=O. The summed E-state index contributed by atoms with van der Waals surface area (Å²) in [7, 11) is 0. The van der Waals surface area contributed by atoms with Crippen molar-refractivity contribution in [2.24, 2.45) is 0 Å². The summed E-state index contributed by atoms with van der Waals surface area (Å²) in [5.74, 6) is -0.642. The van der Waals surface area contributed by atoms with Gasteiger partial charge in [-0.25, -0.2) is 14.2 Å². The molecule has 1 N–H and O–H groups in total. The van der Waals surface area contributed by atoms with Gasteiger partial charge in [0.15, 0.2) is 0 Å². The van der Waals surface area contributed by atoms with Gasteiger partial charge in [-0.05, 0) is 45.4 Å². The van der Waals surface area contributed by atoms with Gasteiger partial charge in [-0.1, -0.05) is 23.7 Å². The van der Waals surface area contributed by atoms with Gasteiger partial charge in [-0.2, -0.15) is 0 Å². The fraction of sp³-hybridized carbons (Fsp3) is 0.316. The molecule has 0 aliphatic carbocycles. The lowest BCUT2D eigenvalue weighted by atomic mass is 10.0. The molecule has 0 amide bonds. The Labute approximate surface area is 164 Å². The van der Waals surface area contributed by atoms with Crippen molar-refractivity contribution in [1.82, 2.24) is 9.55 Å². The minimum Gasteiger partial charge on any atom is -0.464 e. The van der Waals surface area contributed by atoms with E-state index in [1.165, 1.54) is 25.2 Å². The Kier molecular flexibility index (Phi) is 5.01. The third-order valence-corrected chi connectivity index (χ3v) is 5.66. The minimum absolute atomic E-state index is 0.157. The van der Waals surface area contributed by atoms with Crippen LogP contribution in [0, 0.1) is 6.92 Å². The molecule has 6 nitrogen and oxygen atoms in total. The Morgan fingerprint density at radius 3 is 2.48 bits per heavy atom. The van der Waals surface area contributed by atoms with Gasteiger partial charge >= 0.3 is 11.7 Å². The number of fused-ring (bicyclic) bond motifs is 1. The van der Waals surface area contributed by atoms with E-state index in [9.17, 15) is 14.4 Å². The van der Waals surface area contributed by atoms with Crippen molar-refractivity contribution in [2.45, 2.75) is 33.2 Å². The summed E-state index contributed by atoms with van der Waals surface area (Å²) >= 11 is 7.30. The fourth-order valence-electron chi connectivity index (χ4n) is 3.06. The molecule has 0 fully saturated rings. The molecule has 8 heteroatoms. The molecular formula is C19H19ClN2O4S. The maximum Gasteiger partial charge on any atom is 0.332 e. The van der Waals surface area contributed by atoms with Crippen LogP contribution in [0.5, 0.6) is 0 Å². The number of benzene rings is 1. The molecule has 2 heterocycles. The molecule has 2 aromatic heterocycles. The van der Waals surface area contributed by atoms with Crippen LogP contribution >= 0.6 is 22.9 Å². The molecule has 0 aliphatic heterocycles. The van der Waals surface area contributed by atoms with Crippen LogP contribution in [0.15, 0.2) is 33.9 Å². The van der Waals surface area contributed by atoms with Crippen LogP contribution in [-0.2, 0) is 15.1 Å². The summed E-state index contributed by atoms with van der Waals surface area (Å²) < 4.78 is 5.98. The summed E-state index contributed by atoms with van der Waals surface area (Å²) in [6.07, 6.45) is 0. The number of esters is 1. The van der Waals surface area contributed by atoms with Crippen molar-refractivity contribution in [3.8, 4) is 11.1 Å². The molecule has 0 bridgehead atoms. The normalized spacial score (nSPS) is 11.7. The highest BCUT2D eigenvalue weighted by Gasteiger charge is 2.35. The van der Waals surface area contributed by atoms with Gasteiger partial charge in [0.25, 0.3) is 5.56 Å². The van der Waals surface area contributed by atoms with E-state index >= 15 is 0 Å². The van der Waals surface area contributed by atoms with Crippen LogP contribution in [0.3, 0.4) is 0 Å². The van der Waals surface area contributed by atoms with Gasteiger partial charge in [0.2, 0.25) is 0 Å². The molecule has 0 saturated heterocycles. The average Bonchev–Trinajstić information content (AvgIpc) is 2.91. The van der Waals surface area contributed by atoms with Gasteiger partial charge in [0.05, 0.1) is 12.0 Å². The molecule has 0 atom stereocenters. The highest BCUT2D eigenvalue weighted by molar-refractivity contribution is 7.19. The molecule has 0 unspecified atom stereocenters. The monoisotopic (exact) mass is 406 g/mol. The second kappa shape index (κ2) is 6.98. The molecule has 3 rings (SSSR count). The number of carbonyl (C=O) groups is 1. The number of hydrogen-bond donors (Lipinski definition) is 1. The van der Waals surface area contributed by atoms with E-state index in [2.05, 4.69) is 4.98 Å². The number of aromatic nitrogens is 2. The highest BCUT2D eigenvalue weighted by Crippen LogP contribution is 2.35. The van der Waals surface area contributed by atoms with Crippen molar-refractivity contribution >= 4 is 39.1 Å². The van der Waals surface area contributed by atoms with Crippen molar-refractivity contribution in [1.29, 1.82) is 0 Å². The van der Waals surface area contributed by atoms with E-state index < -0.39 is 22.8 Å². The van der Waals surface area contributed by atoms with Crippen LogP contribution in [0.2, 0.25) is 5.02 Å². The Hall–Kier alpha value is -2.38. The second-order valence-corrected chi connectivity index (χ2v) is 8.26. The standard InChI is InChI=1S/C19H19ClN2O4S/c1-5-26-17(24)19(3,4)22-16(23)14-13(11-6-8-12(20)9-7-11)10(2)27-15(14)21-18(22)25/h6-9H,5H2,1-4H3,(H,21,25). The molecule has 1 aromatic carbocycles. The number of carbonyl (C=O) groups excluding carboxylic acids is 1. The van der Waals surface area contributed by atoms with E-state index in [-0.39, 0.29) is 6.61 Å². The maximum atomic E-state index is 13.3. The molecule has 142 valence electrons. The van der Waals surface area contributed by atoms with Crippen LogP contribution in [0.1, 0.15) is 25.6 Å². The third kappa shape index (κ3) is 3.21. The number of nitrogens with zero attached hydrogens (tertiary/aromatic N) is 1. The van der Waals surface area contributed by atoms with Crippen LogP contribution in [0.4, 0.5) is 0 Å². The van der Waals surface area contributed by atoms with Crippen molar-refractivity contribution in [3.63, 3.8) is 0 Å². The molecule has 0 aliphatic rings. The Morgan fingerprint density at radius 2 is 1.89 bits per heavy atom. The van der Waals surface area contributed by atoms with Gasteiger partial charge in [-0.3, -0.25) is 9.78 Å². The van der Waals surface area contributed by atoms with Gasteiger partial charge in [0.1, 0.15) is 10.4 Å². The first-order valence-electron chi connectivity index (χ1n) is 8.40. The van der Waals surface area contributed by atoms with Crippen molar-refractivity contribution in [2.75, 3.05) is 6.61 Å². The predicted octanol–water partition coefficient (Wildman–Crippen LogP) is 3.68. The number of thiophene rings is 1. The summed E-state index contributed by atoms with van der Waals surface area (Å²) in [4.78, 5) is 42.3. The topological polar surface area (TPSA) is 81.2 Å².